The van der Waals surface area contributed by atoms with E-state index in [1.807, 2.05) is 0 Å². The Balaban J connectivity index is 2.08. The third-order valence-electron chi connectivity index (χ3n) is 4.15. The summed E-state index contributed by atoms with van der Waals surface area (Å²) in [5.41, 5.74) is 2.65. The lowest BCUT2D eigenvalue weighted by Gasteiger charge is -2.26. The van der Waals surface area contributed by atoms with Crippen LogP contribution in [-0.4, -0.2) is 25.9 Å². The molecule has 0 amide bonds. The molecular weight excluding hydrogens is 250 g/mol. The predicted molar refractivity (Wildman–Crippen MR) is 82.4 cm³/mol. The van der Waals surface area contributed by atoms with E-state index >= 15 is 0 Å². The molecule has 0 saturated carbocycles. The summed E-state index contributed by atoms with van der Waals surface area (Å²) in [5.74, 6) is 1.06. The van der Waals surface area contributed by atoms with E-state index in [0.29, 0.717) is 6.04 Å². The van der Waals surface area contributed by atoms with Crippen molar-refractivity contribution in [3.63, 3.8) is 0 Å². The molecule has 1 aliphatic rings. The Hall–Kier alpha value is -1.06. The molecule has 0 aliphatic carbocycles. The molecule has 0 radical (unpaired) electrons. The normalized spacial score (nSPS) is 15.8. The van der Waals surface area contributed by atoms with Crippen LogP contribution >= 0.6 is 0 Å². The average Bonchev–Trinajstić information content (AvgIpc) is 2.90. The van der Waals surface area contributed by atoms with Crippen LogP contribution in [0.25, 0.3) is 0 Å². The maximum absolute atomic E-state index is 5.58. The maximum atomic E-state index is 5.58. The fourth-order valence-electron chi connectivity index (χ4n) is 2.65. The largest absolute Gasteiger partial charge is 0.493 e. The monoisotopic (exact) mass is 277 g/mol. The van der Waals surface area contributed by atoms with Gasteiger partial charge in [-0.05, 0) is 50.4 Å². The number of benzene rings is 1. The lowest BCUT2D eigenvalue weighted by Crippen LogP contribution is -2.27. The van der Waals surface area contributed by atoms with Crippen molar-refractivity contribution >= 4 is 0 Å². The van der Waals surface area contributed by atoms with Gasteiger partial charge in [0.1, 0.15) is 5.75 Å². The van der Waals surface area contributed by atoms with E-state index < -0.39 is 0 Å². The number of ether oxygens (including phenoxy) is 2. The van der Waals surface area contributed by atoms with Gasteiger partial charge in [0.05, 0.1) is 12.2 Å². The Bertz CT molecular complexity index is 443. The first-order valence-electron chi connectivity index (χ1n) is 7.60. The van der Waals surface area contributed by atoms with Gasteiger partial charge in [0.25, 0.3) is 0 Å². The maximum Gasteiger partial charge on any atom is 0.122 e. The van der Waals surface area contributed by atoms with E-state index in [0.717, 1.165) is 38.2 Å². The molecule has 0 bridgehead atoms. The summed E-state index contributed by atoms with van der Waals surface area (Å²) < 4.78 is 11.1. The molecule has 2 rings (SSSR count). The van der Waals surface area contributed by atoms with Crippen LogP contribution < -0.4 is 10.1 Å². The van der Waals surface area contributed by atoms with E-state index in [1.165, 1.54) is 11.1 Å². The highest BCUT2D eigenvalue weighted by atomic mass is 16.5. The number of nitrogens with one attached hydrogen (secondary N) is 1. The molecule has 1 atom stereocenters. The molecule has 20 heavy (non-hydrogen) atoms. The predicted octanol–water partition coefficient (Wildman–Crippen LogP) is 3.48. The van der Waals surface area contributed by atoms with Crippen molar-refractivity contribution in [2.24, 2.45) is 0 Å². The Morgan fingerprint density at radius 3 is 2.90 bits per heavy atom. The molecule has 1 heterocycles. The summed E-state index contributed by atoms with van der Waals surface area (Å²) in [6.07, 6.45) is 3.15. The molecular formula is C17H27NO2. The molecule has 0 aromatic heterocycles. The van der Waals surface area contributed by atoms with Crippen LogP contribution in [0.3, 0.4) is 0 Å². The van der Waals surface area contributed by atoms with Crippen molar-refractivity contribution in [1.82, 2.24) is 5.32 Å². The summed E-state index contributed by atoms with van der Waals surface area (Å²) in [5, 5.41) is 3.59. The van der Waals surface area contributed by atoms with Gasteiger partial charge in [0, 0.05) is 19.6 Å². The summed E-state index contributed by atoms with van der Waals surface area (Å²) in [6, 6.07) is 7.00. The number of methoxy groups -OCH3 is 1. The van der Waals surface area contributed by atoms with Crippen LogP contribution in [0.4, 0.5) is 0 Å². The minimum atomic E-state index is -0.0620. The molecule has 1 unspecified atom stereocenters. The minimum absolute atomic E-state index is 0.0620. The zero-order valence-corrected chi connectivity index (χ0v) is 13.2. The molecule has 0 fully saturated rings. The van der Waals surface area contributed by atoms with Gasteiger partial charge in [-0.25, -0.2) is 0 Å². The Morgan fingerprint density at radius 2 is 2.20 bits per heavy atom. The highest BCUT2D eigenvalue weighted by Gasteiger charge is 2.21. The first kappa shape index (κ1) is 15.3. The van der Waals surface area contributed by atoms with Crippen LogP contribution in [0.5, 0.6) is 5.75 Å². The highest BCUT2D eigenvalue weighted by Crippen LogP contribution is 2.30. The van der Waals surface area contributed by atoms with Crippen molar-refractivity contribution in [3.8, 4) is 5.75 Å². The van der Waals surface area contributed by atoms with E-state index in [9.17, 15) is 0 Å². The topological polar surface area (TPSA) is 30.5 Å². The summed E-state index contributed by atoms with van der Waals surface area (Å²) >= 11 is 0. The Morgan fingerprint density at radius 1 is 1.40 bits per heavy atom. The van der Waals surface area contributed by atoms with Crippen molar-refractivity contribution < 1.29 is 9.47 Å². The van der Waals surface area contributed by atoms with Crippen molar-refractivity contribution in [2.45, 2.75) is 51.7 Å². The van der Waals surface area contributed by atoms with Gasteiger partial charge in [-0.2, -0.15) is 0 Å². The van der Waals surface area contributed by atoms with Crippen LogP contribution in [0, 0.1) is 0 Å². The molecule has 3 heteroatoms. The van der Waals surface area contributed by atoms with E-state index in [4.69, 9.17) is 9.47 Å². The first-order chi connectivity index (χ1) is 9.55. The van der Waals surface area contributed by atoms with Gasteiger partial charge in [0.2, 0.25) is 0 Å². The molecule has 1 N–H and O–H groups in total. The van der Waals surface area contributed by atoms with Crippen LogP contribution in [0.1, 0.15) is 50.8 Å². The van der Waals surface area contributed by atoms with Gasteiger partial charge in [-0.3, -0.25) is 0 Å². The second kappa shape index (κ2) is 6.59. The molecule has 0 spiro atoms. The highest BCUT2D eigenvalue weighted by molar-refractivity contribution is 5.40. The molecule has 1 aliphatic heterocycles. The lowest BCUT2D eigenvalue weighted by atomic mass is 9.93. The zero-order chi connectivity index (χ0) is 14.6. The fraction of sp³-hybridized carbons (Fsp3) is 0.647. The third kappa shape index (κ3) is 3.74. The minimum Gasteiger partial charge on any atom is -0.493 e. The first-order valence-corrected chi connectivity index (χ1v) is 7.60. The Kier molecular flexibility index (Phi) is 5.06. The number of hydrogen-bond donors (Lipinski definition) is 1. The second-order valence-corrected chi connectivity index (χ2v) is 6.08. The summed E-state index contributed by atoms with van der Waals surface area (Å²) in [6.45, 7) is 8.25. The van der Waals surface area contributed by atoms with Gasteiger partial charge in [0.15, 0.2) is 0 Å². The van der Waals surface area contributed by atoms with Crippen LogP contribution in [0.15, 0.2) is 18.2 Å². The third-order valence-corrected chi connectivity index (χ3v) is 4.15. The van der Waals surface area contributed by atoms with Crippen LogP contribution in [0.2, 0.25) is 0 Å². The van der Waals surface area contributed by atoms with Crippen LogP contribution in [-0.2, 0) is 11.2 Å². The number of hydrogen-bond acceptors (Lipinski definition) is 3. The van der Waals surface area contributed by atoms with E-state index in [2.05, 4.69) is 44.3 Å². The molecule has 1 aromatic carbocycles. The summed E-state index contributed by atoms with van der Waals surface area (Å²) in [7, 11) is 1.79. The molecule has 3 nitrogen and oxygen atoms in total. The second-order valence-electron chi connectivity index (χ2n) is 6.08. The van der Waals surface area contributed by atoms with Gasteiger partial charge in [-0.15, -0.1) is 0 Å². The van der Waals surface area contributed by atoms with Crippen molar-refractivity contribution in [2.75, 3.05) is 20.3 Å². The fourth-order valence-corrected chi connectivity index (χ4v) is 2.65. The van der Waals surface area contributed by atoms with Crippen molar-refractivity contribution in [1.29, 1.82) is 0 Å². The standard InChI is InChI=1S/C17H27NO2/c1-5-18-15(8-10-17(2,3)19-4)13-6-7-16-14(12-13)9-11-20-16/h6-7,12,15,18H,5,8-11H2,1-4H3. The molecule has 1 aromatic rings. The molecule has 0 saturated heterocycles. The van der Waals surface area contributed by atoms with E-state index in [-0.39, 0.29) is 5.60 Å². The lowest BCUT2D eigenvalue weighted by molar-refractivity contribution is 0.0117. The smallest absolute Gasteiger partial charge is 0.122 e. The SMILES string of the molecule is CCNC(CCC(C)(C)OC)c1ccc2c(c1)CCO2. The average molecular weight is 277 g/mol. The van der Waals surface area contributed by atoms with E-state index in [1.54, 1.807) is 7.11 Å². The number of fused-ring (bicyclic) bond motifs is 1. The van der Waals surface area contributed by atoms with Gasteiger partial charge in [-0.1, -0.05) is 19.1 Å². The summed E-state index contributed by atoms with van der Waals surface area (Å²) in [4.78, 5) is 0. The zero-order valence-electron chi connectivity index (χ0n) is 13.2. The quantitative estimate of drug-likeness (QED) is 0.827. The van der Waals surface area contributed by atoms with Gasteiger partial charge < -0.3 is 14.8 Å². The molecule has 112 valence electrons. The van der Waals surface area contributed by atoms with Crippen molar-refractivity contribution in [3.05, 3.63) is 29.3 Å². The number of rotatable bonds is 7. The van der Waals surface area contributed by atoms with Gasteiger partial charge >= 0.3 is 0 Å². The Labute approximate surface area is 122 Å².